The minimum Gasteiger partial charge on any atom is -0.454 e. The first kappa shape index (κ1) is 20.8. The minimum absolute atomic E-state index is 0.121. The summed E-state index contributed by atoms with van der Waals surface area (Å²) < 4.78 is 10.6. The van der Waals surface area contributed by atoms with E-state index in [9.17, 15) is 9.59 Å². The van der Waals surface area contributed by atoms with Crippen molar-refractivity contribution in [2.24, 2.45) is 0 Å². The zero-order valence-corrected chi connectivity index (χ0v) is 18.8. The third kappa shape index (κ3) is 4.03. The van der Waals surface area contributed by atoms with E-state index in [1.165, 1.54) is 11.3 Å². The fourth-order valence-corrected chi connectivity index (χ4v) is 5.07. The van der Waals surface area contributed by atoms with Gasteiger partial charge in [0.15, 0.2) is 16.6 Å². The number of rotatable bonds is 4. The molecule has 1 aliphatic carbocycles. The van der Waals surface area contributed by atoms with Crippen molar-refractivity contribution in [3.05, 3.63) is 63.1 Å². The van der Waals surface area contributed by atoms with E-state index in [0.717, 1.165) is 29.0 Å². The summed E-state index contributed by atoms with van der Waals surface area (Å²) in [6, 6.07) is 10.5. The number of nitrogens with zero attached hydrogens (tertiary/aromatic N) is 1. The highest BCUT2D eigenvalue weighted by Crippen LogP contribution is 2.38. The molecule has 32 heavy (non-hydrogen) atoms. The fourth-order valence-electron chi connectivity index (χ4n) is 3.83. The first-order chi connectivity index (χ1) is 15.5. The Labute approximate surface area is 193 Å². The molecule has 0 radical (unpaired) electrons. The van der Waals surface area contributed by atoms with E-state index in [-0.39, 0.29) is 24.5 Å². The number of hydrogen-bond donors (Lipinski definition) is 2. The predicted octanol–water partition coefficient (Wildman–Crippen LogP) is 5.14. The lowest BCUT2D eigenvalue weighted by molar-refractivity contribution is -0.117. The number of anilines is 2. The van der Waals surface area contributed by atoms with Crippen molar-refractivity contribution in [3.8, 4) is 11.5 Å². The molecule has 9 heteroatoms. The summed E-state index contributed by atoms with van der Waals surface area (Å²) in [5, 5.41) is 6.89. The van der Waals surface area contributed by atoms with Crippen LogP contribution in [0.3, 0.4) is 0 Å². The molecule has 0 saturated carbocycles. The zero-order valence-electron chi connectivity index (χ0n) is 17.2. The number of halogens is 1. The smallest absolute Gasteiger partial charge is 0.257 e. The average molecular weight is 470 g/mol. The van der Waals surface area contributed by atoms with E-state index in [1.54, 1.807) is 24.3 Å². The average Bonchev–Trinajstić information content (AvgIpc) is 3.41. The number of fused-ring (bicyclic) bond motifs is 2. The van der Waals surface area contributed by atoms with E-state index < -0.39 is 0 Å². The van der Waals surface area contributed by atoms with Crippen molar-refractivity contribution in [1.29, 1.82) is 0 Å². The highest BCUT2D eigenvalue weighted by atomic mass is 35.5. The van der Waals surface area contributed by atoms with Gasteiger partial charge in [0, 0.05) is 21.2 Å². The van der Waals surface area contributed by atoms with Crippen molar-refractivity contribution in [3.63, 3.8) is 0 Å². The van der Waals surface area contributed by atoms with Crippen molar-refractivity contribution >= 4 is 45.6 Å². The molecule has 2 aromatic carbocycles. The summed E-state index contributed by atoms with van der Waals surface area (Å²) in [4.78, 5) is 31.3. The summed E-state index contributed by atoms with van der Waals surface area (Å²) in [5.41, 5.74) is 2.79. The van der Waals surface area contributed by atoms with E-state index in [0.29, 0.717) is 39.3 Å². The number of hydrogen-bond acceptors (Lipinski definition) is 6. The Morgan fingerprint density at radius 2 is 1.97 bits per heavy atom. The number of carbonyl (C=O) groups is 2. The topological polar surface area (TPSA) is 89.6 Å². The summed E-state index contributed by atoms with van der Waals surface area (Å²) in [6.07, 6.45) is 2.43. The van der Waals surface area contributed by atoms with E-state index >= 15 is 0 Å². The monoisotopic (exact) mass is 469 g/mol. The van der Waals surface area contributed by atoms with Gasteiger partial charge in [0.2, 0.25) is 12.7 Å². The van der Waals surface area contributed by atoms with Crippen LogP contribution >= 0.6 is 22.9 Å². The van der Waals surface area contributed by atoms with Gasteiger partial charge in [0.25, 0.3) is 5.91 Å². The van der Waals surface area contributed by atoms with Crippen LogP contribution in [0.1, 0.15) is 45.3 Å². The molecular weight excluding hydrogens is 450 g/mol. The molecule has 1 aliphatic heterocycles. The van der Waals surface area contributed by atoms with E-state index in [1.807, 2.05) is 19.1 Å². The second-order valence-electron chi connectivity index (χ2n) is 7.75. The number of ether oxygens (including phenoxy) is 2. The molecule has 5 rings (SSSR count). The lowest BCUT2D eigenvalue weighted by Crippen LogP contribution is -2.24. The minimum atomic E-state index is -0.369. The first-order valence-corrected chi connectivity index (χ1v) is 11.4. The Morgan fingerprint density at radius 1 is 1.12 bits per heavy atom. The number of carbonyl (C=O) groups excluding carboxylic acids is 2. The fraction of sp³-hybridized carbons (Fsp3) is 0.261. The quantitative estimate of drug-likeness (QED) is 0.552. The largest absolute Gasteiger partial charge is 0.454 e. The van der Waals surface area contributed by atoms with Crippen molar-refractivity contribution < 1.29 is 19.1 Å². The van der Waals surface area contributed by atoms with Gasteiger partial charge in [-0.3, -0.25) is 14.9 Å². The number of thiazole rings is 1. The number of aromatic nitrogens is 1. The molecule has 1 unspecified atom stereocenters. The maximum absolute atomic E-state index is 13.0. The second kappa shape index (κ2) is 8.44. The Bertz CT molecular complexity index is 1230. The SMILES string of the molecule is Cc1ccc(NC(=O)C2CCCc3sc(NC(=O)c4ccc5c(c4)OCO5)nc32)cc1Cl. The van der Waals surface area contributed by atoms with Crippen LogP contribution in [0.2, 0.25) is 5.02 Å². The maximum Gasteiger partial charge on any atom is 0.257 e. The highest BCUT2D eigenvalue weighted by Gasteiger charge is 2.31. The number of aryl methyl sites for hydroxylation is 2. The molecule has 2 aliphatic rings. The Hall–Kier alpha value is -3.10. The van der Waals surface area contributed by atoms with Gasteiger partial charge >= 0.3 is 0 Å². The Balaban J connectivity index is 1.32. The zero-order chi connectivity index (χ0) is 22.2. The molecule has 7 nitrogen and oxygen atoms in total. The van der Waals surface area contributed by atoms with Crippen LogP contribution in [0.5, 0.6) is 11.5 Å². The number of amides is 2. The molecule has 2 amide bonds. The third-order valence-corrected chi connectivity index (χ3v) is 7.02. The molecule has 0 bridgehead atoms. The van der Waals surface area contributed by atoms with Gasteiger partial charge < -0.3 is 14.8 Å². The first-order valence-electron chi connectivity index (χ1n) is 10.3. The Kier molecular flexibility index (Phi) is 5.48. The molecule has 1 aromatic heterocycles. The van der Waals surface area contributed by atoms with Gasteiger partial charge in [-0.25, -0.2) is 4.98 Å². The lowest BCUT2D eigenvalue weighted by Gasteiger charge is -2.20. The van der Waals surface area contributed by atoms with Crippen LogP contribution in [0.25, 0.3) is 0 Å². The molecule has 0 saturated heterocycles. The van der Waals surface area contributed by atoms with Crippen LogP contribution in [-0.4, -0.2) is 23.6 Å². The van der Waals surface area contributed by atoms with E-state index in [2.05, 4.69) is 15.6 Å². The second-order valence-corrected chi connectivity index (χ2v) is 9.24. The van der Waals surface area contributed by atoms with Gasteiger partial charge in [-0.2, -0.15) is 0 Å². The summed E-state index contributed by atoms with van der Waals surface area (Å²) in [6.45, 7) is 2.06. The lowest BCUT2D eigenvalue weighted by atomic mass is 9.90. The summed E-state index contributed by atoms with van der Waals surface area (Å²) in [5.74, 6) is 0.389. The van der Waals surface area contributed by atoms with Gasteiger partial charge in [-0.1, -0.05) is 17.7 Å². The Morgan fingerprint density at radius 3 is 2.81 bits per heavy atom. The summed E-state index contributed by atoms with van der Waals surface area (Å²) in [7, 11) is 0. The van der Waals surface area contributed by atoms with Gasteiger partial charge in [0.05, 0.1) is 11.6 Å². The van der Waals surface area contributed by atoms with Crippen LogP contribution in [-0.2, 0) is 11.2 Å². The third-order valence-electron chi connectivity index (χ3n) is 5.57. The van der Waals surface area contributed by atoms with Crippen molar-refractivity contribution in [2.75, 3.05) is 17.4 Å². The molecule has 0 fully saturated rings. The van der Waals surface area contributed by atoms with Crippen LogP contribution in [0.15, 0.2) is 36.4 Å². The predicted molar refractivity (Wildman–Crippen MR) is 123 cm³/mol. The molecule has 2 heterocycles. The van der Waals surface area contributed by atoms with Crippen molar-refractivity contribution in [1.82, 2.24) is 4.98 Å². The molecule has 164 valence electrons. The number of benzene rings is 2. The molecular formula is C23H20ClN3O4S. The van der Waals surface area contributed by atoms with Gasteiger partial charge in [-0.05, 0) is 62.1 Å². The molecule has 1 atom stereocenters. The van der Waals surface area contributed by atoms with E-state index in [4.69, 9.17) is 21.1 Å². The highest BCUT2D eigenvalue weighted by molar-refractivity contribution is 7.16. The van der Waals surface area contributed by atoms with Crippen LogP contribution < -0.4 is 20.1 Å². The summed E-state index contributed by atoms with van der Waals surface area (Å²) >= 11 is 7.60. The number of nitrogens with one attached hydrogen (secondary N) is 2. The normalized spacial score (nSPS) is 16.4. The van der Waals surface area contributed by atoms with Crippen LogP contribution in [0, 0.1) is 6.92 Å². The van der Waals surface area contributed by atoms with Crippen LogP contribution in [0.4, 0.5) is 10.8 Å². The van der Waals surface area contributed by atoms with Gasteiger partial charge in [-0.15, -0.1) is 11.3 Å². The van der Waals surface area contributed by atoms with Gasteiger partial charge in [0.1, 0.15) is 0 Å². The molecule has 0 spiro atoms. The molecule has 2 N–H and O–H groups in total. The van der Waals surface area contributed by atoms with Crippen molar-refractivity contribution in [2.45, 2.75) is 32.1 Å². The molecule has 3 aromatic rings. The standard InChI is InChI=1S/C23H20ClN3O4S/c1-12-5-7-14(10-16(12)24)25-22(29)15-3-2-4-19-20(15)26-23(32-19)27-21(28)13-6-8-17-18(9-13)31-11-30-17/h5-10,15H,2-4,11H2,1H3,(H,25,29)(H,26,27,28). The maximum atomic E-state index is 13.0.